The van der Waals surface area contributed by atoms with E-state index < -0.39 is 0 Å². The van der Waals surface area contributed by atoms with Gasteiger partial charge in [0.1, 0.15) is 5.71 Å². The molecule has 0 radical (unpaired) electrons. The monoisotopic (exact) mass is 238 g/mol. The average molecular weight is 238 g/mol. The van der Waals surface area contributed by atoms with Crippen molar-refractivity contribution < 1.29 is 9.59 Å². The third-order valence-electron chi connectivity index (χ3n) is 3.39. The molecule has 0 aliphatic carbocycles. The summed E-state index contributed by atoms with van der Waals surface area (Å²) in [7, 11) is 0. The van der Waals surface area contributed by atoms with Gasteiger partial charge in [-0.3, -0.25) is 9.59 Å². The minimum Gasteiger partial charge on any atom is -0.338 e. The Morgan fingerprint density at radius 2 is 2.12 bits per heavy atom. The van der Waals surface area contributed by atoms with Gasteiger partial charge in [0, 0.05) is 25.9 Å². The summed E-state index contributed by atoms with van der Waals surface area (Å²) in [6.45, 7) is 2.18. The van der Waals surface area contributed by atoms with Crippen LogP contribution >= 0.6 is 0 Å². The number of carbonyl (C=O) groups is 2. The first-order chi connectivity index (χ1) is 8.20. The van der Waals surface area contributed by atoms with Gasteiger partial charge in [0.15, 0.2) is 0 Å². The molecule has 1 saturated heterocycles. The molecule has 1 fully saturated rings. The lowest BCUT2D eigenvalue weighted by Gasteiger charge is -2.31. The van der Waals surface area contributed by atoms with Gasteiger partial charge in [-0.2, -0.15) is 5.10 Å². The molecular weight excluding hydrogens is 220 g/mol. The predicted octanol–water partition coefficient (Wildman–Crippen LogP) is -0.550. The van der Waals surface area contributed by atoms with Crippen LogP contribution in [0.5, 0.6) is 0 Å². The molecule has 2 rings (SSSR count). The molecule has 0 spiro atoms. The van der Waals surface area contributed by atoms with Gasteiger partial charge < -0.3 is 10.6 Å². The van der Waals surface area contributed by atoms with Crippen molar-refractivity contribution in [3.63, 3.8) is 0 Å². The normalized spacial score (nSPS) is 22.1. The number of likely N-dealkylation sites (tertiary alicyclic amines) is 1. The molecule has 2 heterocycles. The Balaban J connectivity index is 1.90. The van der Waals surface area contributed by atoms with E-state index in [9.17, 15) is 9.59 Å². The van der Waals surface area contributed by atoms with Gasteiger partial charge in [-0.1, -0.05) is 0 Å². The van der Waals surface area contributed by atoms with E-state index in [-0.39, 0.29) is 11.8 Å². The first kappa shape index (κ1) is 12.0. The molecule has 17 heavy (non-hydrogen) atoms. The molecule has 0 aromatic carbocycles. The number of hydrazone groups is 1. The molecule has 0 bridgehead atoms. The maximum absolute atomic E-state index is 12.1. The van der Waals surface area contributed by atoms with Crippen molar-refractivity contribution in [2.24, 2.45) is 16.8 Å². The molecule has 0 unspecified atom stereocenters. The lowest BCUT2D eigenvalue weighted by Crippen LogP contribution is -2.45. The molecule has 3 N–H and O–H groups in total. The molecule has 0 saturated carbocycles. The number of nitrogens with one attached hydrogen (secondary N) is 1. The molecule has 2 aliphatic heterocycles. The number of carbonyl (C=O) groups excluding carboxylic acids is 2. The quantitative estimate of drug-likeness (QED) is 0.676. The van der Waals surface area contributed by atoms with Crippen molar-refractivity contribution in [3.05, 3.63) is 0 Å². The molecule has 0 aromatic rings. The first-order valence-corrected chi connectivity index (χ1v) is 6.05. The SMILES string of the molecule is NCC1CCN(C(=O)C2=NNC(=O)CC2)CC1. The van der Waals surface area contributed by atoms with Gasteiger partial charge in [-0.05, 0) is 25.3 Å². The highest BCUT2D eigenvalue weighted by Crippen LogP contribution is 2.17. The zero-order chi connectivity index (χ0) is 12.3. The van der Waals surface area contributed by atoms with E-state index in [1.54, 1.807) is 0 Å². The molecule has 0 atom stereocenters. The fraction of sp³-hybridized carbons (Fsp3) is 0.727. The van der Waals surface area contributed by atoms with Crippen LogP contribution in [0, 0.1) is 5.92 Å². The summed E-state index contributed by atoms with van der Waals surface area (Å²) in [6, 6.07) is 0. The van der Waals surface area contributed by atoms with Crippen LogP contribution < -0.4 is 11.2 Å². The second-order valence-corrected chi connectivity index (χ2v) is 4.56. The molecular formula is C11H18N4O2. The van der Waals surface area contributed by atoms with Gasteiger partial charge in [0.25, 0.3) is 5.91 Å². The van der Waals surface area contributed by atoms with Gasteiger partial charge in [0.05, 0.1) is 0 Å². The van der Waals surface area contributed by atoms with Crippen LogP contribution in [0.3, 0.4) is 0 Å². The maximum Gasteiger partial charge on any atom is 0.270 e. The fourth-order valence-corrected chi connectivity index (χ4v) is 2.18. The number of amides is 2. The Kier molecular flexibility index (Phi) is 3.73. The Hall–Kier alpha value is -1.43. The summed E-state index contributed by atoms with van der Waals surface area (Å²) >= 11 is 0. The summed E-state index contributed by atoms with van der Waals surface area (Å²) in [5.41, 5.74) is 8.43. The van der Waals surface area contributed by atoms with Crippen LogP contribution in [-0.4, -0.2) is 42.1 Å². The Morgan fingerprint density at radius 3 is 2.65 bits per heavy atom. The van der Waals surface area contributed by atoms with Gasteiger partial charge in [0.2, 0.25) is 5.91 Å². The minimum absolute atomic E-state index is 0.0412. The van der Waals surface area contributed by atoms with E-state index in [4.69, 9.17) is 5.73 Å². The second kappa shape index (κ2) is 5.27. The second-order valence-electron chi connectivity index (χ2n) is 4.56. The number of piperidine rings is 1. The number of hydrogen-bond donors (Lipinski definition) is 2. The topological polar surface area (TPSA) is 87.8 Å². The summed E-state index contributed by atoms with van der Waals surface area (Å²) in [5, 5.41) is 3.83. The molecule has 94 valence electrons. The lowest BCUT2D eigenvalue weighted by molar-refractivity contribution is -0.125. The van der Waals surface area contributed by atoms with Gasteiger partial charge in [-0.25, -0.2) is 5.43 Å². The van der Waals surface area contributed by atoms with Gasteiger partial charge in [-0.15, -0.1) is 0 Å². The van der Waals surface area contributed by atoms with Crippen molar-refractivity contribution in [2.45, 2.75) is 25.7 Å². The molecule has 6 heteroatoms. The highest BCUT2D eigenvalue weighted by atomic mass is 16.2. The molecule has 0 aromatic heterocycles. The highest BCUT2D eigenvalue weighted by molar-refractivity contribution is 6.39. The molecule has 6 nitrogen and oxygen atoms in total. The van der Waals surface area contributed by atoms with Crippen LogP contribution in [0.4, 0.5) is 0 Å². The Labute approximate surface area is 100 Å². The van der Waals surface area contributed by atoms with E-state index in [1.165, 1.54) is 0 Å². The summed E-state index contributed by atoms with van der Waals surface area (Å²) in [6.07, 6.45) is 2.72. The summed E-state index contributed by atoms with van der Waals surface area (Å²) in [4.78, 5) is 24.8. The van der Waals surface area contributed by atoms with Crippen molar-refractivity contribution in [1.29, 1.82) is 0 Å². The van der Waals surface area contributed by atoms with Gasteiger partial charge >= 0.3 is 0 Å². The van der Waals surface area contributed by atoms with Crippen LogP contribution in [-0.2, 0) is 9.59 Å². The third-order valence-corrected chi connectivity index (χ3v) is 3.39. The van der Waals surface area contributed by atoms with Crippen LogP contribution in [0.2, 0.25) is 0 Å². The number of nitrogens with zero attached hydrogens (tertiary/aromatic N) is 2. The largest absolute Gasteiger partial charge is 0.338 e. The van der Waals surface area contributed by atoms with Crippen LogP contribution in [0.15, 0.2) is 5.10 Å². The zero-order valence-electron chi connectivity index (χ0n) is 9.82. The minimum atomic E-state index is -0.122. The Bertz CT molecular complexity index is 345. The smallest absolute Gasteiger partial charge is 0.270 e. The molecule has 2 aliphatic rings. The van der Waals surface area contributed by atoms with Crippen LogP contribution in [0.1, 0.15) is 25.7 Å². The van der Waals surface area contributed by atoms with Crippen molar-refractivity contribution >= 4 is 17.5 Å². The van der Waals surface area contributed by atoms with Crippen molar-refractivity contribution in [3.8, 4) is 0 Å². The van der Waals surface area contributed by atoms with E-state index in [0.29, 0.717) is 31.0 Å². The number of rotatable bonds is 2. The maximum atomic E-state index is 12.1. The Morgan fingerprint density at radius 1 is 1.41 bits per heavy atom. The first-order valence-electron chi connectivity index (χ1n) is 6.05. The fourth-order valence-electron chi connectivity index (χ4n) is 2.18. The predicted molar refractivity (Wildman–Crippen MR) is 63.2 cm³/mol. The molecule has 2 amide bonds. The third kappa shape index (κ3) is 2.82. The standard InChI is InChI=1S/C11H18N4O2/c12-7-8-3-5-15(6-4-8)11(17)9-1-2-10(16)14-13-9/h8H,1-7,12H2,(H,14,16). The summed E-state index contributed by atoms with van der Waals surface area (Å²) < 4.78 is 0. The lowest BCUT2D eigenvalue weighted by atomic mass is 9.96. The number of hydrogen-bond acceptors (Lipinski definition) is 4. The van der Waals surface area contributed by atoms with E-state index in [1.807, 2.05) is 4.90 Å². The summed E-state index contributed by atoms with van der Waals surface area (Å²) in [5.74, 6) is 0.371. The van der Waals surface area contributed by atoms with Crippen molar-refractivity contribution in [1.82, 2.24) is 10.3 Å². The van der Waals surface area contributed by atoms with E-state index >= 15 is 0 Å². The van der Waals surface area contributed by atoms with E-state index in [2.05, 4.69) is 10.5 Å². The zero-order valence-corrected chi connectivity index (χ0v) is 9.82. The van der Waals surface area contributed by atoms with Crippen molar-refractivity contribution in [2.75, 3.05) is 19.6 Å². The average Bonchev–Trinajstić information content (AvgIpc) is 2.39. The highest BCUT2D eigenvalue weighted by Gasteiger charge is 2.26. The van der Waals surface area contributed by atoms with E-state index in [0.717, 1.165) is 25.9 Å². The van der Waals surface area contributed by atoms with Crippen LogP contribution in [0.25, 0.3) is 0 Å². The number of nitrogens with two attached hydrogens (primary N) is 1.